The van der Waals surface area contributed by atoms with Crippen LogP contribution in [0.25, 0.3) is 0 Å². The predicted octanol–water partition coefficient (Wildman–Crippen LogP) is -0.156. The maximum atomic E-state index is 12.0. The van der Waals surface area contributed by atoms with Gasteiger partial charge in [-0.05, 0) is 38.4 Å². The van der Waals surface area contributed by atoms with Gasteiger partial charge in [-0.2, -0.15) is 0 Å². The lowest BCUT2D eigenvalue weighted by molar-refractivity contribution is -0.137. The summed E-state index contributed by atoms with van der Waals surface area (Å²) in [6.07, 6.45) is 1.20. The fraction of sp³-hybridized carbons (Fsp3) is 0.312. The maximum Gasteiger partial charge on any atom is 0.277 e. The minimum Gasteiger partial charge on any atom is -0.395 e. The van der Waals surface area contributed by atoms with Crippen molar-refractivity contribution < 1.29 is 19.5 Å². The molecular weight excluding hydrogens is 312 g/mol. The average Bonchev–Trinajstić information content (AvgIpc) is 2.76. The number of carbonyl (C=O) groups excluding carboxylic acids is 3. The minimum atomic E-state index is -0.475. The van der Waals surface area contributed by atoms with Crippen LogP contribution < -0.4 is 10.6 Å². The van der Waals surface area contributed by atoms with Gasteiger partial charge in [0.2, 0.25) is 5.91 Å². The fourth-order valence-electron chi connectivity index (χ4n) is 2.19. The lowest BCUT2D eigenvalue weighted by Gasteiger charge is -2.14. The van der Waals surface area contributed by atoms with Crippen molar-refractivity contribution in [3.63, 3.8) is 0 Å². The standard InChI is InChI=1S/C16H20N4O4/c1-19(2)10-14(22)18-12-5-3-11(4-6-12)17-13-9-15(23)20(7-8-21)16(13)24/h3-6,9,17,21H,7-8,10H2,1-2H3,(H,18,22). The third kappa shape index (κ3) is 4.40. The molecule has 0 aliphatic carbocycles. The molecule has 1 aromatic rings. The minimum absolute atomic E-state index is 0.0316. The Bertz CT molecular complexity index is 667. The molecule has 8 heteroatoms. The SMILES string of the molecule is CN(C)CC(=O)Nc1ccc(NC2=CC(=O)N(CCO)C2=O)cc1. The normalized spacial score (nSPS) is 14.2. The second-order valence-corrected chi connectivity index (χ2v) is 5.56. The van der Waals surface area contributed by atoms with Gasteiger partial charge in [0.1, 0.15) is 5.70 Å². The maximum absolute atomic E-state index is 12.0. The van der Waals surface area contributed by atoms with Crippen LogP contribution >= 0.6 is 0 Å². The Balaban J connectivity index is 1.97. The highest BCUT2D eigenvalue weighted by Gasteiger charge is 2.30. The molecule has 0 fully saturated rings. The van der Waals surface area contributed by atoms with E-state index in [-0.39, 0.29) is 31.3 Å². The van der Waals surface area contributed by atoms with Crippen molar-refractivity contribution in [2.75, 3.05) is 44.4 Å². The molecule has 24 heavy (non-hydrogen) atoms. The predicted molar refractivity (Wildman–Crippen MR) is 89.1 cm³/mol. The van der Waals surface area contributed by atoms with E-state index in [1.54, 1.807) is 43.3 Å². The van der Waals surface area contributed by atoms with Gasteiger partial charge in [-0.25, -0.2) is 0 Å². The van der Waals surface area contributed by atoms with E-state index in [1.165, 1.54) is 6.08 Å². The van der Waals surface area contributed by atoms with Crippen LogP contribution in [0.15, 0.2) is 36.0 Å². The highest BCUT2D eigenvalue weighted by molar-refractivity contribution is 6.17. The summed E-state index contributed by atoms with van der Waals surface area (Å²) in [5.74, 6) is -1.05. The number of amides is 3. The first kappa shape index (κ1) is 17.6. The molecule has 1 aliphatic heterocycles. The molecule has 0 spiro atoms. The average molecular weight is 332 g/mol. The first-order valence-electron chi connectivity index (χ1n) is 7.40. The Morgan fingerprint density at radius 3 is 2.38 bits per heavy atom. The van der Waals surface area contributed by atoms with Gasteiger partial charge in [-0.15, -0.1) is 0 Å². The fourth-order valence-corrected chi connectivity index (χ4v) is 2.19. The molecule has 2 rings (SSSR count). The number of likely N-dealkylation sites (N-methyl/N-ethyl adjacent to an activating group) is 1. The summed E-state index contributed by atoms with van der Waals surface area (Å²) in [6, 6.07) is 6.78. The summed E-state index contributed by atoms with van der Waals surface area (Å²) in [5.41, 5.74) is 1.40. The molecule has 0 aromatic heterocycles. The zero-order valence-corrected chi connectivity index (χ0v) is 13.6. The van der Waals surface area contributed by atoms with Gasteiger partial charge in [0.15, 0.2) is 0 Å². The molecule has 1 heterocycles. The number of anilines is 2. The molecular formula is C16H20N4O4. The Labute approximate surface area is 139 Å². The number of hydrogen-bond acceptors (Lipinski definition) is 6. The highest BCUT2D eigenvalue weighted by atomic mass is 16.3. The van der Waals surface area contributed by atoms with E-state index in [2.05, 4.69) is 10.6 Å². The first-order valence-corrected chi connectivity index (χ1v) is 7.40. The summed E-state index contributed by atoms with van der Waals surface area (Å²) in [4.78, 5) is 38.1. The number of imide groups is 1. The summed E-state index contributed by atoms with van der Waals surface area (Å²) < 4.78 is 0. The molecule has 0 radical (unpaired) electrons. The lowest BCUT2D eigenvalue weighted by atomic mass is 10.2. The molecule has 0 bridgehead atoms. The van der Waals surface area contributed by atoms with Crippen LogP contribution in [-0.4, -0.2) is 66.4 Å². The molecule has 0 unspecified atom stereocenters. The van der Waals surface area contributed by atoms with Gasteiger partial charge >= 0.3 is 0 Å². The van der Waals surface area contributed by atoms with Crippen LogP contribution in [-0.2, 0) is 14.4 Å². The summed E-state index contributed by atoms with van der Waals surface area (Å²) in [5, 5.41) is 14.5. The quantitative estimate of drug-likeness (QED) is 0.600. The van der Waals surface area contributed by atoms with Crippen LogP contribution in [0.3, 0.4) is 0 Å². The van der Waals surface area contributed by atoms with Crippen molar-refractivity contribution in [3.05, 3.63) is 36.0 Å². The van der Waals surface area contributed by atoms with Crippen LogP contribution in [0.1, 0.15) is 0 Å². The number of hydrogen-bond donors (Lipinski definition) is 3. The van der Waals surface area contributed by atoms with E-state index in [4.69, 9.17) is 5.11 Å². The second-order valence-electron chi connectivity index (χ2n) is 5.56. The monoisotopic (exact) mass is 332 g/mol. The highest BCUT2D eigenvalue weighted by Crippen LogP contribution is 2.19. The second kappa shape index (κ2) is 7.71. The third-order valence-corrected chi connectivity index (χ3v) is 3.24. The third-order valence-electron chi connectivity index (χ3n) is 3.24. The number of aliphatic hydroxyl groups is 1. The van der Waals surface area contributed by atoms with Crippen molar-refractivity contribution in [1.29, 1.82) is 0 Å². The topological polar surface area (TPSA) is 102 Å². The number of rotatable bonds is 7. The Hall–Kier alpha value is -2.71. The first-order chi connectivity index (χ1) is 11.4. The van der Waals surface area contributed by atoms with Gasteiger partial charge in [-0.3, -0.25) is 19.3 Å². The van der Waals surface area contributed by atoms with Crippen LogP contribution in [0, 0.1) is 0 Å². The molecule has 1 aromatic carbocycles. The molecule has 0 saturated heterocycles. The molecule has 128 valence electrons. The van der Waals surface area contributed by atoms with E-state index in [0.29, 0.717) is 11.4 Å². The molecule has 3 amide bonds. The number of carbonyl (C=O) groups is 3. The van der Waals surface area contributed by atoms with Crippen molar-refractivity contribution in [1.82, 2.24) is 9.80 Å². The Morgan fingerprint density at radius 1 is 1.17 bits per heavy atom. The van der Waals surface area contributed by atoms with Crippen LogP contribution in [0.5, 0.6) is 0 Å². The van der Waals surface area contributed by atoms with E-state index >= 15 is 0 Å². The van der Waals surface area contributed by atoms with Crippen molar-refractivity contribution in [2.24, 2.45) is 0 Å². The molecule has 3 N–H and O–H groups in total. The van der Waals surface area contributed by atoms with Crippen molar-refractivity contribution in [3.8, 4) is 0 Å². The van der Waals surface area contributed by atoms with Gasteiger partial charge in [0.05, 0.1) is 19.7 Å². The number of aliphatic hydroxyl groups excluding tert-OH is 1. The molecule has 8 nitrogen and oxygen atoms in total. The van der Waals surface area contributed by atoms with Gasteiger partial charge in [0.25, 0.3) is 11.8 Å². The molecule has 0 atom stereocenters. The number of benzene rings is 1. The van der Waals surface area contributed by atoms with Crippen LogP contribution in [0.2, 0.25) is 0 Å². The zero-order valence-electron chi connectivity index (χ0n) is 13.6. The van der Waals surface area contributed by atoms with Gasteiger partial charge in [-0.1, -0.05) is 0 Å². The Kier molecular flexibility index (Phi) is 5.67. The summed E-state index contributed by atoms with van der Waals surface area (Å²) in [7, 11) is 3.61. The Morgan fingerprint density at radius 2 is 1.79 bits per heavy atom. The lowest BCUT2D eigenvalue weighted by Crippen LogP contribution is -2.34. The smallest absolute Gasteiger partial charge is 0.277 e. The number of β-amino-alcohol motifs (C(OH)–C–C–N with tert-alkyl or cyclic N) is 1. The zero-order chi connectivity index (χ0) is 17.7. The largest absolute Gasteiger partial charge is 0.395 e. The van der Waals surface area contributed by atoms with E-state index < -0.39 is 11.8 Å². The van der Waals surface area contributed by atoms with Crippen molar-refractivity contribution >= 4 is 29.1 Å². The summed E-state index contributed by atoms with van der Waals surface area (Å²) in [6.45, 7) is -0.0275. The van der Waals surface area contributed by atoms with Gasteiger partial charge < -0.3 is 20.6 Å². The van der Waals surface area contributed by atoms with E-state index in [1.807, 2.05) is 0 Å². The number of nitrogens with one attached hydrogen (secondary N) is 2. The summed E-state index contributed by atoms with van der Waals surface area (Å²) >= 11 is 0. The van der Waals surface area contributed by atoms with Crippen LogP contribution in [0.4, 0.5) is 11.4 Å². The molecule has 1 aliphatic rings. The van der Waals surface area contributed by atoms with Crippen molar-refractivity contribution in [2.45, 2.75) is 0 Å². The molecule has 0 saturated carbocycles. The van der Waals surface area contributed by atoms with Gasteiger partial charge in [0, 0.05) is 17.5 Å². The van der Waals surface area contributed by atoms with E-state index in [9.17, 15) is 14.4 Å². The number of nitrogens with zero attached hydrogens (tertiary/aromatic N) is 2. The van der Waals surface area contributed by atoms with E-state index in [0.717, 1.165) is 4.90 Å².